The van der Waals surface area contributed by atoms with Crippen molar-refractivity contribution in [3.05, 3.63) is 0 Å². The molecule has 0 aliphatic heterocycles. The monoisotopic (exact) mass is 723 g/mol. The number of methoxy groups -OCH3 is 2. The van der Waals surface area contributed by atoms with E-state index in [1.165, 1.54) is 0 Å². The Hall–Kier alpha value is -0.680. The van der Waals surface area contributed by atoms with Gasteiger partial charge in [0.25, 0.3) is 0 Å². The summed E-state index contributed by atoms with van der Waals surface area (Å²) >= 11 is 0. The molecular weight excluding hydrogens is 644 g/mol. The van der Waals surface area contributed by atoms with Gasteiger partial charge < -0.3 is 33.2 Å². The third kappa shape index (κ3) is 29.6. The van der Waals surface area contributed by atoms with E-state index in [4.69, 9.17) is 52.9 Å². The summed E-state index contributed by atoms with van der Waals surface area (Å²) in [6, 6.07) is 0. The van der Waals surface area contributed by atoms with E-state index < -0.39 is 0 Å². The highest BCUT2D eigenvalue weighted by atomic mass is 17.1. The molecule has 0 fully saturated rings. The topological polar surface area (TPSA) is 102 Å². The van der Waals surface area contributed by atoms with Crippen LogP contribution in [-0.4, -0.2) is 232 Å². The summed E-state index contributed by atoms with van der Waals surface area (Å²) in [5.41, 5.74) is 0. The summed E-state index contributed by atoms with van der Waals surface area (Å²) < 4.78 is 39.0. The number of hydrogen-bond acceptors (Lipinski definition) is 11. The first-order chi connectivity index (χ1) is 22.7. The number of nitrogens with zero attached hydrogens (tertiary/aromatic N) is 6. The summed E-state index contributed by atoms with van der Waals surface area (Å²) in [4.78, 5) is 25.9. The molecule has 0 saturated heterocycles. The molecule has 0 aromatic heterocycles. The SMILES string of the molecule is COCCOCCOCCC[N+](C)(O[N+](C)(C)C)O[N+](C)(C)CC[N+](C)(C)O[N+](C)(CCCOCCOCCOCCOC)O[N+](C)(C)C. The van der Waals surface area contributed by atoms with E-state index in [1.807, 2.05) is 84.6 Å². The summed E-state index contributed by atoms with van der Waals surface area (Å²) in [6.07, 6.45) is 1.49. The van der Waals surface area contributed by atoms with Crippen LogP contribution in [0.3, 0.4) is 0 Å². The molecule has 17 heteroatoms. The number of ether oxygens (including phenoxy) is 7. The smallest absolute Gasteiger partial charge is 0.166 e. The van der Waals surface area contributed by atoms with E-state index >= 15 is 0 Å². The van der Waals surface area contributed by atoms with Crippen molar-refractivity contribution in [2.45, 2.75) is 12.8 Å². The molecule has 2 unspecified atom stereocenters. The average molecular weight is 723 g/mol. The Kier molecular flexibility index (Phi) is 24.2. The van der Waals surface area contributed by atoms with Crippen LogP contribution in [-0.2, 0) is 52.9 Å². The summed E-state index contributed by atoms with van der Waals surface area (Å²) in [5.74, 6) is 0. The Morgan fingerprint density at radius 1 is 0.306 bits per heavy atom. The molecule has 0 saturated carbocycles. The normalized spacial score (nSPS) is 15.8. The minimum atomic E-state index is -0.0563. The molecule has 0 N–H and O–H groups in total. The summed E-state index contributed by atoms with van der Waals surface area (Å²) in [7, 11) is 27.1. The lowest BCUT2D eigenvalue weighted by Crippen LogP contribution is -2.64. The van der Waals surface area contributed by atoms with Crippen LogP contribution in [0.15, 0.2) is 0 Å². The average Bonchev–Trinajstić information content (AvgIpc) is 2.93. The molecule has 0 bridgehead atoms. The maximum Gasteiger partial charge on any atom is 0.166 e. The standard InChI is InChI=1S/C32H78N6O11/c1-33(2,3)46-37(11,17-15-21-41-27-29-43-25-23-39-13)48-35(7,8)19-20-36(9,10)49-38(12,47-34(4,5)6)18-16-22-42-28-30-45-32-31-44-26-24-40-14/h15-32H2,1-14H3/q+6. The Bertz CT molecular complexity index is 817. The Labute approximate surface area is 298 Å². The fourth-order valence-electron chi connectivity index (χ4n) is 4.78. The van der Waals surface area contributed by atoms with Crippen molar-refractivity contribution < 1.29 is 81.1 Å². The first kappa shape index (κ1) is 48.3. The second-order valence-electron chi connectivity index (χ2n) is 14.9. The number of rotatable bonds is 34. The molecule has 0 heterocycles. The van der Waals surface area contributed by atoms with Gasteiger partial charge in [0.2, 0.25) is 0 Å². The van der Waals surface area contributed by atoms with Crippen molar-refractivity contribution in [3.63, 3.8) is 0 Å². The lowest BCUT2D eigenvalue weighted by atomic mass is 10.4. The van der Waals surface area contributed by atoms with Crippen LogP contribution in [0.1, 0.15) is 12.8 Å². The van der Waals surface area contributed by atoms with Crippen LogP contribution in [0.25, 0.3) is 0 Å². The first-order valence-corrected chi connectivity index (χ1v) is 17.4. The minimum absolute atomic E-state index is 0.0515. The van der Waals surface area contributed by atoms with Gasteiger partial charge in [-0.2, -0.15) is 0 Å². The molecule has 0 amide bonds. The molecule has 0 rings (SSSR count). The van der Waals surface area contributed by atoms with E-state index in [2.05, 4.69) is 0 Å². The minimum Gasteiger partial charge on any atom is -0.382 e. The molecule has 296 valence electrons. The van der Waals surface area contributed by atoms with Crippen LogP contribution in [0, 0.1) is 0 Å². The van der Waals surface area contributed by atoms with Gasteiger partial charge in [0.1, 0.15) is 84.6 Å². The molecule has 0 aromatic carbocycles. The van der Waals surface area contributed by atoms with Gasteiger partial charge in [0, 0.05) is 46.8 Å². The zero-order valence-electron chi connectivity index (χ0n) is 33.9. The highest BCUT2D eigenvalue weighted by Gasteiger charge is 2.46. The van der Waals surface area contributed by atoms with Crippen molar-refractivity contribution in [1.82, 2.24) is 0 Å². The van der Waals surface area contributed by atoms with Gasteiger partial charge in [-0.05, 0) is 0 Å². The molecule has 0 aliphatic carbocycles. The molecule has 2 atom stereocenters. The highest BCUT2D eigenvalue weighted by Crippen LogP contribution is 2.20. The molecular formula is C32H78N6O11+6. The van der Waals surface area contributed by atoms with Crippen LogP contribution in [0.5, 0.6) is 0 Å². The van der Waals surface area contributed by atoms with Gasteiger partial charge in [-0.3, -0.25) is 0 Å². The van der Waals surface area contributed by atoms with Crippen molar-refractivity contribution in [2.75, 3.05) is 204 Å². The number of quaternary nitrogens is 6. The third-order valence-electron chi connectivity index (χ3n) is 6.49. The maximum absolute atomic E-state index is 6.64. The van der Waals surface area contributed by atoms with Gasteiger partial charge in [0.15, 0.2) is 26.2 Å². The quantitative estimate of drug-likeness (QED) is 0.0541. The molecule has 0 aliphatic rings. The van der Waals surface area contributed by atoms with Gasteiger partial charge in [-0.1, -0.05) is 0 Å². The van der Waals surface area contributed by atoms with E-state index in [0.29, 0.717) is 105 Å². The lowest BCUT2D eigenvalue weighted by Gasteiger charge is -2.38. The highest BCUT2D eigenvalue weighted by molar-refractivity contribution is 4.37. The third-order valence-corrected chi connectivity index (χ3v) is 6.49. The maximum atomic E-state index is 6.64. The zero-order valence-corrected chi connectivity index (χ0v) is 33.9. The van der Waals surface area contributed by atoms with Gasteiger partial charge in [-0.15, -0.1) is 18.6 Å². The molecule has 17 nitrogen and oxygen atoms in total. The van der Waals surface area contributed by atoms with E-state index in [9.17, 15) is 0 Å². The summed E-state index contributed by atoms with van der Waals surface area (Å²) in [6.45, 7) is 9.07. The summed E-state index contributed by atoms with van der Waals surface area (Å²) in [5, 5.41) is 0. The van der Waals surface area contributed by atoms with Crippen molar-refractivity contribution in [1.29, 1.82) is 0 Å². The Morgan fingerprint density at radius 3 is 0.837 bits per heavy atom. The van der Waals surface area contributed by atoms with Crippen molar-refractivity contribution >= 4 is 0 Å². The van der Waals surface area contributed by atoms with Crippen LogP contribution in [0.2, 0.25) is 0 Å². The van der Waals surface area contributed by atoms with Crippen molar-refractivity contribution in [3.8, 4) is 0 Å². The molecule has 0 spiro atoms. The van der Waals surface area contributed by atoms with Gasteiger partial charge in [-0.25, -0.2) is 0 Å². The molecule has 0 aromatic rings. The Balaban J connectivity index is 4.99. The second-order valence-corrected chi connectivity index (χ2v) is 14.9. The van der Waals surface area contributed by atoms with Crippen LogP contribution >= 0.6 is 0 Å². The first-order valence-electron chi connectivity index (χ1n) is 17.4. The number of hydroxylamine groups is 20. The predicted octanol–water partition coefficient (Wildman–Crippen LogP) is 0.987. The second kappa shape index (κ2) is 24.5. The largest absolute Gasteiger partial charge is 0.382 e. The lowest BCUT2D eigenvalue weighted by molar-refractivity contribution is -1.49. The number of likely N-dealkylation sites (N-methyl/N-ethyl adjacent to an activating group) is 2. The fraction of sp³-hybridized carbons (Fsp3) is 1.00. The van der Waals surface area contributed by atoms with Crippen LogP contribution in [0.4, 0.5) is 0 Å². The molecule has 49 heavy (non-hydrogen) atoms. The molecule has 0 radical (unpaired) electrons. The zero-order chi connectivity index (χ0) is 37.5. The van der Waals surface area contributed by atoms with Gasteiger partial charge in [0.05, 0.1) is 88.9 Å². The van der Waals surface area contributed by atoms with Crippen LogP contribution < -0.4 is 0 Å². The number of hydrogen-bond donors (Lipinski definition) is 0. The van der Waals surface area contributed by atoms with E-state index in [0.717, 1.165) is 12.8 Å². The van der Waals surface area contributed by atoms with Crippen molar-refractivity contribution in [2.24, 2.45) is 0 Å². The Morgan fingerprint density at radius 2 is 0.571 bits per heavy atom. The van der Waals surface area contributed by atoms with E-state index in [-0.39, 0.29) is 28.2 Å². The van der Waals surface area contributed by atoms with Gasteiger partial charge >= 0.3 is 0 Å². The van der Waals surface area contributed by atoms with E-state index in [1.54, 1.807) is 14.2 Å². The fourth-order valence-corrected chi connectivity index (χ4v) is 4.78. The predicted molar refractivity (Wildman–Crippen MR) is 184 cm³/mol.